The van der Waals surface area contributed by atoms with Crippen LogP contribution in [0.1, 0.15) is 19.8 Å². The number of halogens is 3. The third-order valence-electron chi connectivity index (χ3n) is 2.28. The van der Waals surface area contributed by atoms with E-state index in [1.807, 2.05) is 0 Å². The van der Waals surface area contributed by atoms with E-state index in [-0.39, 0.29) is 5.54 Å². The average molecular weight is 196 g/mol. The lowest BCUT2D eigenvalue weighted by atomic mass is 10.2. The normalized spacial score (nSPS) is 20.8. The van der Waals surface area contributed by atoms with E-state index in [0.717, 1.165) is 12.8 Å². The monoisotopic (exact) mass is 196 g/mol. The molecule has 0 unspecified atom stereocenters. The van der Waals surface area contributed by atoms with E-state index in [0.29, 0.717) is 13.1 Å². The SMILES string of the molecule is CCN(CC(F)(F)F)CC1(N)CC1. The van der Waals surface area contributed by atoms with Crippen LogP contribution in [0.2, 0.25) is 0 Å². The lowest BCUT2D eigenvalue weighted by Crippen LogP contribution is -2.43. The maximum Gasteiger partial charge on any atom is 0.401 e. The van der Waals surface area contributed by atoms with Gasteiger partial charge in [0.15, 0.2) is 0 Å². The first-order valence-corrected chi connectivity index (χ1v) is 4.43. The third-order valence-corrected chi connectivity index (χ3v) is 2.28. The van der Waals surface area contributed by atoms with Crippen LogP contribution < -0.4 is 5.73 Å². The van der Waals surface area contributed by atoms with Crippen molar-refractivity contribution in [1.29, 1.82) is 0 Å². The summed E-state index contributed by atoms with van der Waals surface area (Å²) in [6.45, 7) is 1.64. The van der Waals surface area contributed by atoms with Crippen molar-refractivity contribution < 1.29 is 13.2 Å². The Hall–Kier alpha value is -0.290. The van der Waals surface area contributed by atoms with Crippen LogP contribution in [-0.2, 0) is 0 Å². The first kappa shape index (κ1) is 10.8. The van der Waals surface area contributed by atoms with Crippen molar-refractivity contribution in [3.63, 3.8) is 0 Å². The predicted octanol–water partition coefficient (Wildman–Crippen LogP) is 1.36. The molecule has 78 valence electrons. The highest BCUT2D eigenvalue weighted by molar-refractivity contribution is 5.01. The fraction of sp³-hybridized carbons (Fsp3) is 1.00. The zero-order valence-corrected chi connectivity index (χ0v) is 7.69. The molecule has 1 rings (SSSR count). The van der Waals surface area contributed by atoms with Crippen molar-refractivity contribution >= 4 is 0 Å². The first-order valence-electron chi connectivity index (χ1n) is 4.43. The van der Waals surface area contributed by atoms with E-state index in [2.05, 4.69) is 0 Å². The van der Waals surface area contributed by atoms with Crippen LogP contribution in [0.4, 0.5) is 13.2 Å². The molecule has 2 nitrogen and oxygen atoms in total. The third kappa shape index (κ3) is 3.95. The van der Waals surface area contributed by atoms with E-state index < -0.39 is 12.7 Å². The maximum atomic E-state index is 12.0. The van der Waals surface area contributed by atoms with Crippen molar-refractivity contribution in [2.24, 2.45) is 5.73 Å². The molecular weight excluding hydrogens is 181 g/mol. The molecule has 0 aliphatic heterocycles. The Morgan fingerprint density at radius 1 is 1.38 bits per heavy atom. The summed E-state index contributed by atoms with van der Waals surface area (Å²) in [5, 5.41) is 0. The largest absolute Gasteiger partial charge is 0.401 e. The summed E-state index contributed by atoms with van der Waals surface area (Å²) in [7, 11) is 0. The summed E-state index contributed by atoms with van der Waals surface area (Å²) < 4.78 is 36.0. The Kier molecular flexibility index (Phi) is 2.87. The zero-order valence-electron chi connectivity index (χ0n) is 7.69. The molecule has 2 N–H and O–H groups in total. The number of rotatable bonds is 4. The molecule has 1 saturated carbocycles. The molecule has 0 aromatic heterocycles. The maximum absolute atomic E-state index is 12.0. The molecule has 0 heterocycles. The molecule has 0 aromatic carbocycles. The molecule has 0 spiro atoms. The van der Waals surface area contributed by atoms with Crippen LogP contribution in [0, 0.1) is 0 Å². The molecule has 0 saturated heterocycles. The minimum absolute atomic E-state index is 0.332. The van der Waals surface area contributed by atoms with Gasteiger partial charge in [0.05, 0.1) is 6.54 Å². The molecule has 1 aliphatic rings. The molecule has 0 atom stereocenters. The summed E-state index contributed by atoms with van der Waals surface area (Å²) >= 11 is 0. The molecule has 1 fully saturated rings. The van der Waals surface area contributed by atoms with Crippen molar-refractivity contribution in [3.8, 4) is 0 Å². The number of nitrogens with two attached hydrogens (primary N) is 1. The van der Waals surface area contributed by atoms with Gasteiger partial charge in [-0.05, 0) is 19.4 Å². The van der Waals surface area contributed by atoms with Gasteiger partial charge in [0.2, 0.25) is 0 Å². The number of likely N-dealkylation sites (N-methyl/N-ethyl adjacent to an activating group) is 1. The van der Waals surface area contributed by atoms with Gasteiger partial charge in [0.1, 0.15) is 0 Å². The summed E-state index contributed by atoms with van der Waals surface area (Å²) in [5.41, 5.74) is 5.40. The van der Waals surface area contributed by atoms with E-state index in [4.69, 9.17) is 5.73 Å². The van der Waals surface area contributed by atoms with E-state index in [1.54, 1.807) is 6.92 Å². The molecule has 0 bridgehead atoms. The Balaban J connectivity index is 2.34. The Morgan fingerprint density at radius 3 is 2.23 bits per heavy atom. The average Bonchev–Trinajstić information content (AvgIpc) is 2.64. The highest BCUT2D eigenvalue weighted by atomic mass is 19.4. The molecule has 1 aliphatic carbocycles. The van der Waals surface area contributed by atoms with Gasteiger partial charge < -0.3 is 5.73 Å². The van der Waals surface area contributed by atoms with Crippen LogP contribution in [0.3, 0.4) is 0 Å². The van der Waals surface area contributed by atoms with Crippen molar-refractivity contribution in [3.05, 3.63) is 0 Å². The first-order chi connectivity index (χ1) is 5.85. The molecule has 0 amide bonds. The van der Waals surface area contributed by atoms with Crippen LogP contribution >= 0.6 is 0 Å². The molecule has 0 radical (unpaired) electrons. The molecular formula is C8H15F3N2. The van der Waals surface area contributed by atoms with Gasteiger partial charge in [-0.15, -0.1) is 0 Å². The quantitative estimate of drug-likeness (QED) is 0.735. The second-order valence-electron chi connectivity index (χ2n) is 3.78. The number of nitrogens with zero attached hydrogens (tertiary/aromatic N) is 1. The minimum atomic E-state index is -4.11. The molecule has 0 aromatic rings. The van der Waals surface area contributed by atoms with E-state index >= 15 is 0 Å². The molecule has 5 heteroatoms. The Bertz CT molecular complexity index is 167. The van der Waals surface area contributed by atoms with Crippen LogP contribution in [0.5, 0.6) is 0 Å². The van der Waals surface area contributed by atoms with Gasteiger partial charge in [-0.3, -0.25) is 4.90 Å². The van der Waals surface area contributed by atoms with Gasteiger partial charge >= 0.3 is 6.18 Å². The lowest BCUT2D eigenvalue weighted by Gasteiger charge is -2.24. The highest BCUT2D eigenvalue weighted by Crippen LogP contribution is 2.33. The van der Waals surface area contributed by atoms with Crippen molar-refractivity contribution in [2.75, 3.05) is 19.6 Å². The van der Waals surface area contributed by atoms with Crippen LogP contribution in [0.25, 0.3) is 0 Å². The second-order valence-corrected chi connectivity index (χ2v) is 3.78. The van der Waals surface area contributed by atoms with Crippen LogP contribution in [0.15, 0.2) is 0 Å². The van der Waals surface area contributed by atoms with Gasteiger partial charge in [-0.2, -0.15) is 13.2 Å². The van der Waals surface area contributed by atoms with Gasteiger partial charge in [-0.1, -0.05) is 6.92 Å². The fourth-order valence-corrected chi connectivity index (χ4v) is 1.30. The number of hydrogen-bond acceptors (Lipinski definition) is 2. The minimum Gasteiger partial charge on any atom is -0.324 e. The lowest BCUT2D eigenvalue weighted by molar-refractivity contribution is -0.146. The predicted molar refractivity (Wildman–Crippen MR) is 44.3 cm³/mol. The van der Waals surface area contributed by atoms with Crippen LogP contribution in [-0.4, -0.2) is 36.2 Å². The topological polar surface area (TPSA) is 29.3 Å². The van der Waals surface area contributed by atoms with Gasteiger partial charge in [0.25, 0.3) is 0 Å². The summed E-state index contributed by atoms with van der Waals surface area (Å²) in [6, 6.07) is 0. The van der Waals surface area contributed by atoms with Crippen molar-refractivity contribution in [1.82, 2.24) is 4.90 Å². The highest BCUT2D eigenvalue weighted by Gasteiger charge is 2.41. The van der Waals surface area contributed by atoms with Crippen molar-refractivity contribution in [2.45, 2.75) is 31.5 Å². The second kappa shape index (κ2) is 3.46. The Labute approximate surface area is 75.9 Å². The summed E-state index contributed by atoms with van der Waals surface area (Å²) in [4.78, 5) is 1.35. The van der Waals surface area contributed by atoms with Gasteiger partial charge in [-0.25, -0.2) is 0 Å². The zero-order chi connectivity index (χ0) is 10.1. The van der Waals surface area contributed by atoms with E-state index in [1.165, 1.54) is 4.90 Å². The number of hydrogen-bond donors (Lipinski definition) is 1. The summed E-state index contributed by atoms with van der Waals surface area (Å²) in [6.07, 6.45) is -2.41. The number of alkyl halides is 3. The fourth-order valence-electron chi connectivity index (χ4n) is 1.30. The molecule has 13 heavy (non-hydrogen) atoms. The Morgan fingerprint density at radius 2 is 1.92 bits per heavy atom. The smallest absolute Gasteiger partial charge is 0.324 e. The van der Waals surface area contributed by atoms with Gasteiger partial charge in [0, 0.05) is 12.1 Å². The standard InChI is InChI=1S/C8H15F3N2/c1-2-13(6-8(9,10)11)5-7(12)3-4-7/h2-6,12H2,1H3. The summed E-state index contributed by atoms with van der Waals surface area (Å²) in [5.74, 6) is 0. The van der Waals surface area contributed by atoms with E-state index in [9.17, 15) is 13.2 Å².